The Bertz CT molecular complexity index is 1460. The molecule has 0 aliphatic rings. The van der Waals surface area contributed by atoms with Crippen molar-refractivity contribution in [1.82, 2.24) is 14.7 Å². The summed E-state index contributed by atoms with van der Waals surface area (Å²) in [5.41, 5.74) is 2.12. The Hall–Kier alpha value is -3.71. The summed E-state index contributed by atoms with van der Waals surface area (Å²) < 4.78 is 13.7. The molecule has 32 heavy (non-hydrogen) atoms. The fourth-order valence-electron chi connectivity index (χ4n) is 3.57. The van der Waals surface area contributed by atoms with Gasteiger partial charge < -0.3 is 9.26 Å². The Morgan fingerprint density at radius 2 is 1.69 bits per heavy atom. The van der Waals surface area contributed by atoms with Crippen LogP contribution in [0.3, 0.4) is 0 Å². The molecule has 5 rings (SSSR count). The van der Waals surface area contributed by atoms with E-state index in [-0.39, 0.29) is 5.56 Å². The molecule has 2 heterocycles. The molecule has 2 aromatic heterocycles. The first kappa shape index (κ1) is 20.2. The lowest BCUT2D eigenvalue weighted by Gasteiger charge is -2.11. The Kier molecular flexibility index (Phi) is 5.33. The quantitative estimate of drug-likeness (QED) is 0.310. The molecular formula is C25H18BrN3O3. The van der Waals surface area contributed by atoms with Gasteiger partial charge in [-0.2, -0.15) is 4.98 Å². The van der Waals surface area contributed by atoms with Gasteiger partial charge >= 0.3 is 0 Å². The topological polar surface area (TPSA) is 70.2 Å². The zero-order chi connectivity index (χ0) is 22.1. The second-order valence-corrected chi connectivity index (χ2v) is 8.04. The van der Waals surface area contributed by atoms with E-state index in [1.807, 2.05) is 73.7 Å². The van der Waals surface area contributed by atoms with Crippen LogP contribution in [0.25, 0.3) is 39.3 Å². The molecule has 0 spiro atoms. The molecule has 0 fully saturated rings. The molecule has 0 amide bonds. The lowest BCUT2D eigenvalue weighted by molar-refractivity contribution is 0.340. The minimum atomic E-state index is -0.124. The normalized spacial score (nSPS) is 11.1. The van der Waals surface area contributed by atoms with Crippen molar-refractivity contribution < 1.29 is 9.26 Å². The van der Waals surface area contributed by atoms with Crippen LogP contribution in [0.1, 0.15) is 6.92 Å². The lowest BCUT2D eigenvalue weighted by Crippen LogP contribution is -2.18. The van der Waals surface area contributed by atoms with Crippen molar-refractivity contribution in [2.45, 2.75) is 6.92 Å². The number of ether oxygens (including phenoxy) is 1. The summed E-state index contributed by atoms with van der Waals surface area (Å²) in [6.07, 6.45) is 1.75. The molecule has 0 atom stereocenters. The summed E-state index contributed by atoms with van der Waals surface area (Å²) in [6.45, 7) is 2.51. The van der Waals surface area contributed by atoms with E-state index >= 15 is 0 Å². The average Bonchev–Trinajstić information content (AvgIpc) is 3.31. The third-order valence-corrected chi connectivity index (χ3v) is 5.64. The van der Waals surface area contributed by atoms with Crippen molar-refractivity contribution in [3.05, 3.63) is 93.8 Å². The van der Waals surface area contributed by atoms with Gasteiger partial charge in [-0.15, -0.1) is 0 Å². The highest BCUT2D eigenvalue weighted by Gasteiger charge is 2.17. The minimum Gasteiger partial charge on any atom is -0.494 e. The zero-order valence-electron chi connectivity index (χ0n) is 17.2. The number of halogens is 1. The predicted molar refractivity (Wildman–Crippen MR) is 127 cm³/mol. The van der Waals surface area contributed by atoms with Crippen LogP contribution in [-0.4, -0.2) is 21.3 Å². The van der Waals surface area contributed by atoms with Crippen LogP contribution in [0.4, 0.5) is 0 Å². The highest BCUT2D eigenvalue weighted by molar-refractivity contribution is 9.10. The van der Waals surface area contributed by atoms with Gasteiger partial charge in [-0.3, -0.25) is 9.36 Å². The number of benzene rings is 3. The number of fused-ring (bicyclic) bond motifs is 1. The largest absolute Gasteiger partial charge is 0.494 e. The molecule has 0 aliphatic carbocycles. The third-order valence-electron chi connectivity index (χ3n) is 5.11. The predicted octanol–water partition coefficient (Wildman–Crippen LogP) is 5.87. The van der Waals surface area contributed by atoms with E-state index < -0.39 is 0 Å². The third kappa shape index (κ3) is 3.71. The monoisotopic (exact) mass is 487 g/mol. The Morgan fingerprint density at radius 1 is 0.969 bits per heavy atom. The van der Waals surface area contributed by atoms with Gasteiger partial charge in [-0.1, -0.05) is 39.3 Å². The number of nitrogens with zero attached hydrogens (tertiary/aromatic N) is 3. The number of pyridine rings is 1. The average molecular weight is 488 g/mol. The standard InChI is InChI=1S/C25H18BrN3O3/c1-2-31-19-13-11-18(12-14-19)29-15-22(20-5-3-4-6-21(20)25(29)30)24-27-23(28-32-24)16-7-9-17(26)10-8-16/h3-15H,2H2,1H3. The number of hydrogen-bond donors (Lipinski definition) is 0. The summed E-state index contributed by atoms with van der Waals surface area (Å²) in [5, 5.41) is 5.48. The molecule has 0 aliphatic heterocycles. The van der Waals surface area contributed by atoms with Crippen LogP contribution in [0.15, 0.2) is 92.8 Å². The van der Waals surface area contributed by atoms with Crippen molar-refractivity contribution >= 4 is 26.7 Å². The van der Waals surface area contributed by atoms with Gasteiger partial charge in [0.15, 0.2) is 0 Å². The number of hydrogen-bond acceptors (Lipinski definition) is 5. The summed E-state index contributed by atoms with van der Waals surface area (Å²) in [4.78, 5) is 17.8. The maximum Gasteiger partial charge on any atom is 0.262 e. The molecule has 0 saturated carbocycles. The van der Waals surface area contributed by atoms with E-state index in [1.165, 1.54) is 0 Å². The Labute approximate surface area is 192 Å². The Morgan fingerprint density at radius 3 is 2.41 bits per heavy atom. The van der Waals surface area contributed by atoms with Gasteiger partial charge in [0.1, 0.15) is 5.75 Å². The minimum absolute atomic E-state index is 0.124. The van der Waals surface area contributed by atoms with Crippen LogP contribution in [0.5, 0.6) is 5.75 Å². The van der Waals surface area contributed by atoms with Gasteiger partial charge in [0.25, 0.3) is 11.4 Å². The first-order chi connectivity index (χ1) is 15.6. The first-order valence-corrected chi connectivity index (χ1v) is 10.9. The molecule has 6 nitrogen and oxygen atoms in total. The van der Waals surface area contributed by atoms with Gasteiger partial charge in [0, 0.05) is 32.7 Å². The molecule has 0 N–H and O–H groups in total. The lowest BCUT2D eigenvalue weighted by atomic mass is 10.1. The number of rotatable bonds is 5. The van der Waals surface area contributed by atoms with Crippen molar-refractivity contribution in [2.75, 3.05) is 6.61 Å². The van der Waals surface area contributed by atoms with E-state index in [4.69, 9.17) is 9.26 Å². The second kappa shape index (κ2) is 8.43. The Balaban J connectivity index is 1.66. The molecule has 0 unspecified atom stereocenters. The van der Waals surface area contributed by atoms with Crippen LogP contribution < -0.4 is 10.3 Å². The summed E-state index contributed by atoms with van der Waals surface area (Å²) >= 11 is 3.43. The van der Waals surface area contributed by atoms with Crippen LogP contribution >= 0.6 is 15.9 Å². The van der Waals surface area contributed by atoms with Gasteiger partial charge in [0.2, 0.25) is 5.82 Å². The fourth-order valence-corrected chi connectivity index (χ4v) is 3.84. The van der Waals surface area contributed by atoms with E-state index in [0.29, 0.717) is 29.3 Å². The smallest absolute Gasteiger partial charge is 0.262 e. The van der Waals surface area contributed by atoms with Crippen molar-refractivity contribution in [1.29, 1.82) is 0 Å². The van der Waals surface area contributed by atoms with E-state index in [2.05, 4.69) is 26.1 Å². The highest BCUT2D eigenvalue weighted by Crippen LogP contribution is 2.29. The molecular weight excluding hydrogens is 470 g/mol. The molecule has 5 aromatic rings. The maximum atomic E-state index is 13.2. The van der Waals surface area contributed by atoms with Crippen molar-refractivity contribution in [3.8, 4) is 34.3 Å². The molecule has 0 radical (unpaired) electrons. The van der Waals surface area contributed by atoms with Gasteiger partial charge in [0.05, 0.1) is 12.2 Å². The van der Waals surface area contributed by atoms with Crippen molar-refractivity contribution in [3.63, 3.8) is 0 Å². The van der Waals surface area contributed by atoms with Gasteiger partial charge in [-0.05, 0) is 61.5 Å². The van der Waals surface area contributed by atoms with E-state index in [9.17, 15) is 4.79 Å². The molecule has 3 aromatic carbocycles. The van der Waals surface area contributed by atoms with E-state index in [1.54, 1.807) is 16.8 Å². The highest BCUT2D eigenvalue weighted by atomic mass is 79.9. The summed E-state index contributed by atoms with van der Waals surface area (Å²) in [7, 11) is 0. The van der Waals surface area contributed by atoms with Crippen LogP contribution in [0, 0.1) is 0 Å². The van der Waals surface area contributed by atoms with Gasteiger partial charge in [-0.25, -0.2) is 0 Å². The molecule has 0 bridgehead atoms. The summed E-state index contributed by atoms with van der Waals surface area (Å²) in [5.74, 6) is 1.58. The first-order valence-electron chi connectivity index (χ1n) is 10.1. The number of aromatic nitrogens is 3. The van der Waals surface area contributed by atoms with E-state index in [0.717, 1.165) is 26.9 Å². The van der Waals surface area contributed by atoms with Crippen LogP contribution in [0.2, 0.25) is 0 Å². The zero-order valence-corrected chi connectivity index (χ0v) is 18.7. The maximum absolute atomic E-state index is 13.2. The van der Waals surface area contributed by atoms with Crippen molar-refractivity contribution in [2.24, 2.45) is 0 Å². The second-order valence-electron chi connectivity index (χ2n) is 7.12. The molecule has 7 heteroatoms. The molecule has 0 saturated heterocycles. The SMILES string of the molecule is CCOc1ccc(-n2cc(-c3nc(-c4ccc(Br)cc4)no3)c3ccccc3c2=O)cc1. The molecule has 158 valence electrons. The van der Waals surface area contributed by atoms with Crippen LogP contribution in [-0.2, 0) is 0 Å². The summed E-state index contributed by atoms with van der Waals surface area (Å²) in [6, 6.07) is 22.5. The fraction of sp³-hybridized carbons (Fsp3) is 0.0800.